The van der Waals surface area contributed by atoms with Crippen LogP contribution in [0.25, 0.3) is 0 Å². The Balaban J connectivity index is 1.46. The van der Waals surface area contributed by atoms with E-state index in [1.54, 1.807) is 12.3 Å². The molecule has 10 nitrogen and oxygen atoms in total. The third kappa shape index (κ3) is 5.58. The van der Waals surface area contributed by atoms with Crippen LogP contribution >= 0.6 is 11.3 Å². The predicted molar refractivity (Wildman–Crippen MR) is 116 cm³/mol. The van der Waals surface area contributed by atoms with Crippen LogP contribution < -0.4 is 20.7 Å². The zero-order chi connectivity index (χ0) is 24.2. The molecule has 1 aliphatic rings. The van der Waals surface area contributed by atoms with E-state index in [0.29, 0.717) is 11.7 Å². The Labute approximate surface area is 195 Å². The van der Waals surface area contributed by atoms with Crippen molar-refractivity contribution in [3.05, 3.63) is 53.9 Å². The number of anilines is 2. The molecule has 0 aliphatic carbocycles. The number of nitrogens with one attached hydrogen (secondary N) is 3. The van der Waals surface area contributed by atoms with Gasteiger partial charge in [0, 0.05) is 19.9 Å². The number of hydrogen-bond acceptors (Lipinski definition) is 10. The van der Waals surface area contributed by atoms with Crippen LogP contribution in [0, 0.1) is 0 Å². The number of aromatic nitrogens is 4. The van der Waals surface area contributed by atoms with Crippen molar-refractivity contribution in [3.63, 3.8) is 0 Å². The molecular formula is C20H20F3N7O3S. The largest absolute Gasteiger partial charge is 0.573 e. The number of ether oxygens (including phenoxy) is 2. The highest BCUT2D eigenvalue weighted by atomic mass is 32.1. The third-order valence-electron chi connectivity index (χ3n) is 5.09. The van der Waals surface area contributed by atoms with Crippen molar-refractivity contribution in [2.24, 2.45) is 0 Å². The van der Waals surface area contributed by atoms with Crippen molar-refractivity contribution in [2.75, 3.05) is 30.8 Å². The lowest BCUT2D eigenvalue weighted by molar-refractivity contribution is -0.274. The smallest absolute Gasteiger partial charge is 0.406 e. The minimum atomic E-state index is -4.85. The van der Waals surface area contributed by atoms with Gasteiger partial charge >= 0.3 is 6.36 Å². The Kier molecular flexibility index (Phi) is 6.90. The van der Waals surface area contributed by atoms with Crippen molar-refractivity contribution >= 4 is 27.5 Å². The molecule has 2 atom stereocenters. The normalized spacial score (nSPS) is 18.9. The molecule has 3 aromatic rings. The van der Waals surface area contributed by atoms with E-state index >= 15 is 0 Å². The number of amides is 1. The number of hydrogen-bond donors (Lipinski definition) is 3. The number of nitrogens with zero attached hydrogens (tertiary/aromatic N) is 4. The molecule has 1 amide bonds. The molecule has 14 heteroatoms. The topological polar surface area (TPSA) is 123 Å². The summed E-state index contributed by atoms with van der Waals surface area (Å²) in [5.41, 5.74) is 0.410. The summed E-state index contributed by atoms with van der Waals surface area (Å²) in [4.78, 5) is 12.8. The van der Waals surface area contributed by atoms with Gasteiger partial charge in [-0.3, -0.25) is 10.1 Å². The van der Waals surface area contributed by atoms with E-state index in [2.05, 4.69) is 41.1 Å². The monoisotopic (exact) mass is 495 g/mol. The van der Waals surface area contributed by atoms with Gasteiger partial charge in [0.1, 0.15) is 5.75 Å². The molecule has 4 rings (SSSR count). The lowest BCUT2D eigenvalue weighted by Gasteiger charge is -2.27. The first-order valence-electron chi connectivity index (χ1n) is 10.1. The lowest BCUT2D eigenvalue weighted by Crippen LogP contribution is -2.38. The molecule has 0 saturated carbocycles. The highest BCUT2D eigenvalue weighted by molar-refractivity contribution is 7.19. The van der Waals surface area contributed by atoms with Gasteiger partial charge in [-0.25, -0.2) is 0 Å². The SMILES string of the molecule is CO[C@H](C(=O)Nc1nnc(NC2(c3cccnn3)CCNC2)s1)c1cccc(OC(F)(F)F)c1. The predicted octanol–water partition coefficient (Wildman–Crippen LogP) is 2.85. The van der Waals surface area contributed by atoms with E-state index in [1.165, 1.54) is 19.2 Å². The van der Waals surface area contributed by atoms with Crippen LogP contribution in [0.4, 0.5) is 23.4 Å². The molecular weight excluding hydrogens is 475 g/mol. The average Bonchev–Trinajstić information content (AvgIpc) is 3.44. The molecule has 0 radical (unpaired) electrons. The van der Waals surface area contributed by atoms with Gasteiger partial charge in [-0.2, -0.15) is 10.2 Å². The maximum atomic E-state index is 12.8. The van der Waals surface area contributed by atoms with E-state index in [4.69, 9.17) is 4.74 Å². The molecule has 180 valence electrons. The van der Waals surface area contributed by atoms with Crippen molar-refractivity contribution in [3.8, 4) is 5.75 Å². The third-order valence-corrected chi connectivity index (χ3v) is 5.84. The Hall–Kier alpha value is -3.36. The van der Waals surface area contributed by atoms with Crippen LogP contribution in [0.2, 0.25) is 0 Å². The fraction of sp³-hybridized carbons (Fsp3) is 0.350. The zero-order valence-corrected chi connectivity index (χ0v) is 18.6. The number of carbonyl (C=O) groups excluding carboxylic acids is 1. The first-order valence-corrected chi connectivity index (χ1v) is 10.9. The molecule has 1 aromatic carbocycles. The maximum absolute atomic E-state index is 12.8. The summed E-state index contributed by atoms with van der Waals surface area (Å²) in [5.74, 6) is -1.08. The summed E-state index contributed by atoms with van der Waals surface area (Å²) < 4.78 is 46.7. The molecule has 1 aliphatic heterocycles. The molecule has 34 heavy (non-hydrogen) atoms. The van der Waals surface area contributed by atoms with Crippen molar-refractivity contribution in [1.82, 2.24) is 25.7 Å². The van der Waals surface area contributed by atoms with Gasteiger partial charge in [0.05, 0.1) is 11.2 Å². The van der Waals surface area contributed by atoms with Gasteiger partial charge in [-0.05, 0) is 42.8 Å². The van der Waals surface area contributed by atoms with Gasteiger partial charge < -0.3 is 20.1 Å². The molecule has 2 aromatic heterocycles. The van der Waals surface area contributed by atoms with E-state index < -0.39 is 29.7 Å². The summed E-state index contributed by atoms with van der Waals surface area (Å²) in [6.45, 7) is 1.38. The molecule has 1 fully saturated rings. The summed E-state index contributed by atoms with van der Waals surface area (Å²) in [5, 5.41) is 26.1. The number of rotatable bonds is 8. The molecule has 3 N–H and O–H groups in total. The summed E-state index contributed by atoms with van der Waals surface area (Å²) >= 11 is 1.11. The number of methoxy groups -OCH3 is 1. The van der Waals surface area contributed by atoms with E-state index in [0.717, 1.165) is 42.1 Å². The van der Waals surface area contributed by atoms with Gasteiger partial charge in [0.15, 0.2) is 6.10 Å². The van der Waals surface area contributed by atoms with Gasteiger partial charge in [0.2, 0.25) is 10.3 Å². The summed E-state index contributed by atoms with van der Waals surface area (Å²) in [6, 6.07) is 8.69. The quantitative estimate of drug-likeness (QED) is 0.433. The lowest BCUT2D eigenvalue weighted by atomic mass is 9.94. The number of alkyl halides is 3. The van der Waals surface area contributed by atoms with Crippen LogP contribution in [0.1, 0.15) is 23.8 Å². The van der Waals surface area contributed by atoms with Crippen LogP contribution in [0.3, 0.4) is 0 Å². The fourth-order valence-corrected chi connectivity index (χ4v) is 4.35. The van der Waals surface area contributed by atoms with E-state index in [1.807, 2.05) is 6.07 Å². The maximum Gasteiger partial charge on any atom is 0.573 e. The molecule has 1 saturated heterocycles. The molecule has 0 bridgehead atoms. The number of carbonyl (C=O) groups is 1. The van der Waals surface area contributed by atoms with Crippen molar-refractivity contribution < 1.29 is 27.4 Å². The minimum Gasteiger partial charge on any atom is -0.406 e. The Morgan fingerprint density at radius 1 is 1.21 bits per heavy atom. The van der Waals surface area contributed by atoms with Crippen LogP contribution in [0.5, 0.6) is 5.75 Å². The molecule has 3 heterocycles. The number of benzene rings is 1. The Bertz CT molecular complexity index is 1120. The van der Waals surface area contributed by atoms with Crippen LogP contribution in [-0.2, 0) is 15.1 Å². The minimum absolute atomic E-state index is 0.184. The van der Waals surface area contributed by atoms with E-state index in [9.17, 15) is 18.0 Å². The van der Waals surface area contributed by atoms with Gasteiger partial charge in [-0.15, -0.1) is 23.4 Å². The van der Waals surface area contributed by atoms with Crippen molar-refractivity contribution in [2.45, 2.75) is 24.4 Å². The van der Waals surface area contributed by atoms with E-state index in [-0.39, 0.29) is 10.7 Å². The van der Waals surface area contributed by atoms with Gasteiger partial charge in [0.25, 0.3) is 5.91 Å². The average molecular weight is 495 g/mol. The Morgan fingerprint density at radius 2 is 2.03 bits per heavy atom. The second-order valence-electron chi connectivity index (χ2n) is 7.38. The van der Waals surface area contributed by atoms with Crippen LogP contribution in [-0.4, -0.2) is 52.9 Å². The molecule has 1 unspecified atom stereocenters. The van der Waals surface area contributed by atoms with Gasteiger partial charge in [-0.1, -0.05) is 23.5 Å². The zero-order valence-electron chi connectivity index (χ0n) is 17.8. The summed E-state index contributed by atoms with van der Waals surface area (Å²) in [7, 11) is 1.27. The highest BCUT2D eigenvalue weighted by Gasteiger charge is 2.38. The second-order valence-corrected chi connectivity index (χ2v) is 8.36. The Morgan fingerprint density at radius 3 is 2.71 bits per heavy atom. The van der Waals surface area contributed by atoms with Crippen LogP contribution in [0.15, 0.2) is 42.6 Å². The second kappa shape index (κ2) is 9.87. The van der Waals surface area contributed by atoms with Crippen molar-refractivity contribution in [1.29, 1.82) is 0 Å². The summed E-state index contributed by atoms with van der Waals surface area (Å²) in [6.07, 6.45) is -3.71. The fourth-order valence-electron chi connectivity index (χ4n) is 3.61. The first kappa shape index (κ1) is 23.8. The standard InChI is InChI=1S/C20H20F3N7O3S/c1-32-15(12-4-2-5-13(10-12)33-20(21,22)23)16(31)26-17-29-30-18(34-17)27-19(7-9-24-11-19)14-6-3-8-25-28-14/h2-6,8,10,15,24H,7,9,11H2,1H3,(H,27,30)(H,26,29,31)/t15-,19?/m0/s1. The number of halogens is 3. The molecule has 0 spiro atoms. The first-order chi connectivity index (χ1) is 16.3. The highest BCUT2D eigenvalue weighted by Crippen LogP contribution is 2.33.